The highest BCUT2D eigenvalue weighted by Crippen LogP contribution is 2.32. The molecular formula is C21H24ClN3O4. The highest BCUT2D eigenvalue weighted by molar-refractivity contribution is 6.33. The highest BCUT2D eigenvalue weighted by Gasteiger charge is 2.09. The molecule has 2 rings (SSSR count). The second-order valence-corrected chi connectivity index (χ2v) is 6.56. The van der Waals surface area contributed by atoms with Gasteiger partial charge in [-0.1, -0.05) is 24.9 Å². The summed E-state index contributed by atoms with van der Waals surface area (Å²) in [6, 6.07) is 9.85. The summed E-state index contributed by atoms with van der Waals surface area (Å²) in [5.74, 6) is 0.573. The average molecular weight is 418 g/mol. The number of carbonyl (C=O) groups excluding carboxylic acids is 2. The lowest BCUT2D eigenvalue weighted by atomic mass is 10.2. The Labute approximate surface area is 175 Å². The molecule has 0 aliphatic carbocycles. The predicted octanol–water partition coefficient (Wildman–Crippen LogP) is 4.25. The summed E-state index contributed by atoms with van der Waals surface area (Å²) in [7, 11) is 3.04. The van der Waals surface area contributed by atoms with Gasteiger partial charge < -0.3 is 14.8 Å². The zero-order valence-electron chi connectivity index (χ0n) is 16.6. The topological polar surface area (TPSA) is 89.0 Å². The van der Waals surface area contributed by atoms with Crippen LogP contribution in [0.2, 0.25) is 5.02 Å². The fraction of sp³-hybridized carbons (Fsp3) is 0.286. The van der Waals surface area contributed by atoms with Crippen LogP contribution in [0.15, 0.2) is 41.5 Å². The van der Waals surface area contributed by atoms with Crippen molar-refractivity contribution < 1.29 is 19.1 Å². The fourth-order valence-corrected chi connectivity index (χ4v) is 2.66. The van der Waals surface area contributed by atoms with Gasteiger partial charge in [-0.15, -0.1) is 0 Å². The van der Waals surface area contributed by atoms with Crippen LogP contribution in [0.25, 0.3) is 0 Å². The number of halogens is 1. The molecule has 0 fully saturated rings. The molecule has 0 saturated carbocycles. The molecule has 0 aromatic heterocycles. The van der Waals surface area contributed by atoms with E-state index in [9.17, 15) is 9.59 Å². The summed E-state index contributed by atoms with van der Waals surface area (Å²) in [6.07, 6.45) is 3.70. The van der Waals surface area contributed by atoms with E-state index in [0.717, 1.165) is 12.8 Å². The first-order chi connectivity index (χ1) is 14.0. The van der Waals surface area contributed by atoms with Crippen molar-refractivity contribution in [2.24, 2.45) is 5.10 Å². The lowest BCUT2D eigenvalue weighted by molar-refractivity contribution is -0.116. The lowest BCUT2D eigenvalue weighted by Gasteiger charge is -2.09. The number of nitrogens with zero attached hydrogens (tertiary/aromatic N) is 1. The summed E-state index contributed by atoms with van der Waals surface area (Å²) < 4.78 is 10.4. The van der Waals surface area contributed by atoms with Crippen LogP contribution in [-0.2, 0) is 4.79 Å². The molecule has 2 aromatic carbocycles. The van der Waals surface area contributed by atoms with Gasteiger partial charge in [-0.2, -0.15) is 5.10 Å². The highest BCUT2D eigenvalue weighted by atomic mass is 35.5. The minimum atomic E-state index is -0.387. The molecule has 2 amide bonds. The largest absolute Gasteiger partial charge is 0.493 e. The number of nitrogens with one attached hydrogen (secondary N) is 2. The van der Waals surface area contributed by atoms with Crippen LogP contribution in [0.4, 0.5) is 5.69 Å². The molecule has 0 bridgehead atoms. The summed E-state index contributed by atoms with van der Waals surface area (Å²) in [4.78, 5) is 24.0. The van der Waals surface area contributed by atoms with Crippen molar-refractivity contribution in [3.05, 3.63) is 52.5 Å². The van der Waals surface area contributed by atoms with Gasteiger partial charge in [0, 0.05) is 29.3 Å². The van der Waals surface area contributed by atoms with E-state index in [4.69, 9.17) is 21.1 Å². The molecule has 0 aliphatic rings. The van der Waals surface area contributed by atoms with E-state index in [1.54, 1.807) is 36.4 Å². The van der Waals surface area contributed by atoms with Gasteiger partial charge in [-0.3, -0.25) is 9.59 Å². The molecule has 2 N–H and O–H groups in total. The Hall–Kier alpha value is -3.06. The number of benzene rings is 2. The number of methoxy groups -OCH3 is 2. The molecule has 0 saturated heterocycles. The Morgan fingerprint density at radius 1 is 1.10 bits per heavy atom. The average Bonchev–Trinajstić information content (AvgIpc) is 2.73. The second kappa shape index (κ2) is 11.1. The number of ether oxygens (including phenoxy) is 2. The number of hydrogen-bond acceptors (Lipinski definition) is 5. The number of carbonyl (C=O) groups is 2. The molecular weight excluding hydrogens is 394 g/mol. The Morgan fingerprint density at radius 3 is 2.38 bits per heavy atom. The minimum absolute atomic E-state index is 0.0413. The van der Waals surface area contributed by atoms with Crippen LogP contribution in [0.1, 0.15) is 42.1 Å². The first kappa shape index (κ1) is 22.2. The maximum Gasteiger partial charge on any atom is 0.271 e. The lowest BCUT2D eigenvalue weighted by Crippen LogP contribution is -2.18. The molecule has 0 atom stereocenters. The Kier molecular flexibility index (Phi) is 8.48. The van der Waals surface area contributed by atoms with E-state index in [1.165, 1.54) is 20.4 Å². The van der Waals surface area contributed by atoms with E-state index in [-0.39, 0.29) is 11.8 Å². The molecule has 7 nitrogen and oxygen atoms in total. The zero-order chi connectivity index (χ0) is 21.2. The summed E-state index contributed by atoms with van der Waals surface area (Å²) in [6.45, 7) is 2.03. The van der Waals surface area contributed by atoms with Crippen LogP contribution in [0.5, 0.6) is 11.5 Å². The smallest absolute Gasteiger partial charge is 0.271 e. The Morgan fingerprint density at radius 2 is 1.76 bits per heavy atom. The van der Waals surface area contributed by atoms with Gasteiger partial charge >= 0.3 is 0 Å². The quantitative estimate of drug-likeness (QED) is 0.471. The third kappa shape index (κ3) is 6.50. The van der Waals surface area contributed by atoms with Crippen LogP contribution in [0.3, 0.4) is 0 Å². The van der Waals surface area contributed by atoms with E-state index >= 15 is 0 Å². The first-order valence-electron chi connectivity index (χ1n) is 9.13. The minimum Gasteiger partial charge on any atom is -0.493 e. The van der Waals surface area contributed by atoms with Crippen LogP contribution in [-0.4, -0.2) is 32.2 Å². The van der Waals surface area contributed by atoms with Gasteiger partial charge in [-0.05, 0) is 36.8 Å². The number of amides is 2. The zero-order valence-corrected chi connectivity index (χ0v) is 17.4. The number of anilines is 1. The molecule has 0 heterocycles. The molecule has 154 valence electrons. The molecule has 29 heavy (non-hydrogen) atoms. The number of hydrazone groups is 1. The summed E-state index contributed by atoms with van der Waals surface area (Å²) in [5.41, 5.74) is 4.06. The molecule has 0 radical (unpaired) electrons. The number of rotatable bonds is 9. The Balaban J connectivity index is 1.98. The van der Waals surface area contributed by atoms with Crippen molar-refractivity contribution >= 4 is 35.3 Å². The number of unbranched alkanes of at least 4 members (excludes halogenated alkanes) is 1. The van der Waals surface area contributed by atoms with E-state index in [1.807, 2.05) is 6.92 Å². The van der Waals surface area contributed by atoms with Crippen molar-refractivity contribution in [3.63, 3.8) is 0 Å². The van der Waals surface area contributed by atoms with Crippen LogP contribution >= 0.6 is 11.6 Å². The van der Waals surface area contributed by atoms with Gasteiger partial charge in [0.15, 0.2) is 11.5 Å². The summed E-state index contributed by atoms with van der Waals surface area (Å²) >= 11 is 6.19. The van der Waals surface area contributed by atoms with E-state index < -0.39 is 0 Å². The monoisotopic (exact) mass is 417 g/mol. The van der Waals surface area contributed by atoms with Gasteiger partial charge in [-0.25, -0.2) is 5.43 Å². The molecule has 2 aromatic rings. The summed E-state index contributed by atoms with van der Waals surface area (Å²) in [5, 5.41) is 7.14. The van der Waals surface area contributed by atoms with Crippen molar-refractivity contribution in [1.82, 2.24) is 5.43 Å². The molecule has 0 aliphatic heterocycles. The second-order valence-electron chi connectivity index (χ2n) is 6.16. The van der Waals surface area contributed by atoms with Crippen molar-refractivity contribution in [1.29, 1.82) is 0 Å². The standard InChI is InChI=1S/C21H24ClN3O4/c1-4-5-6-20(26)24-16-9-7-14(8-10-16)21(27)25-23-13-15-11-18(28-2)19(29-3)12-17(15)22/h7-13H,4-6H2,1-3H3,(H,24,26)(H,25,27)/b23-13+. The SMILES string of the molecule is CCCCC(=O)Nc1ccc(C(=O)N/N=C/c2cc(OC)c(OC)cc2Cl)cc1. The Bertz CT molecular complexity index is 882. The number of hydrogen-bond donors (Lipinski definition) is 2. The third-order valence-electron chi connectivity index (χ3n) is 4.06. The van der Waals surface area contributed by atoms with Gasteiger partial charge in [0.05, 0.1) is 25.5 Å². The molecule has 0 spiro atoms. The maximum atomic E-state index is 12.2. The van der Waals surface area contributed by atoms with E-state index in [0.29, 0.717) is 39.8 Å². The van der Waals surface area contributed by atoms with Gasteiger partial charge in [0.25, 0.3) is 5.91 Å². The van der Waals surface area contributed by atoms with Gasteiger partial charge in [0.2, 0.25) is 5.91 Å². The van der Waals surface area contributed by atoms with Crippen molar-refractivity contribution in [3.8, 4) is 11.5 Å². The van der Waals surface area contributed by atoms with Crippen molar-refractivity contribution in [2.75, 3.05) is 19.5 Å². The third-order valence-corrected chi connectivity index (χ3v) is 4.39. The first-order valence-corrected chi connectivity index (χ1v) is 9.51. The van der Waals surface area contributed by atoms with E-state index in [2.05, 4.69) is 15.8 Å². The van der Waals surface area contributed by atoms with Crippen molar-refractivity contribution in [2.45, 2.75) is 26.2 Å². The maximum absolute atomic E-state index is 12.2. The molecule has 8 heteroatoms. The fourth-order valence-electron chi connectivity index (χ4n) is 2.46. The normalized spacial score (nSPS) is 10.6. The predicted molar refractivity (Wildman–Crippen MR) is 114 cm³/mol. The molecule has 0 unspecified atom stereocenters. The van der Waals surface area contributed by atoms with Gasteiger partial charge in [0.1, 0.15) is 0 Å². The van der Waals surface area contributed by atoms with Crippen LogP contribution in [0, 0.1) is 0 Å². The van der Waals surface area contributed by atoms with Crippen LogP contribution < -0.4 is 20.2 Å².